The van der Waals surface area contributed by atoms with Crippen LogP contribution in [0.2, 0.25) is 5.02 Å². The summed E-state index contributed by atoms with van der Waals surface area (Å²) in [5.41, 5.74) is 8.62. The van der Waals surface area contributed by atoms with Gasteiger partial charge < -0.3 is 25.1 Å². The number of aromatic nitrogens is 2. The maximum atomic E-state index is 14.4. The van der Waals surface area contributed by atoms with Crippen LogP contribution in [0.4, 0.5) is 21.5 Å². The number of aromatic amines is 1. The molecule has 2 saturated heterocycles. The average molecular weight is 801 g/mol. The molecule has 0 unspecified atom stereocenters. The third-order valence-corrected chi connectivity index (χ3v) is 12.5. The molecule has 2 aromatic heterocycles. The summed E-state index contributed by atoms with van der Waals surface area (Å²) < 4.78 is 28.9. The lowest BCUT2D eigenvalue weighted by Crippen LogP contribution is -2.59. The number of carbonyl (C=O) groups excluding carboxylic acids is 1. The van der Waals surface area contributed by atoms with Crippen molar-refractivity contribution in [1.82, 2.24) is 24.5 Å². The number of benzene rings is 3. The van der Waals surface area contributed by atoms with Gasteiger partial charge in [-0.1, -0.05) is 17.7 Å². The first-order valence-electron chi connectivity index (χ1n) is 18.6. The maximum absolute atomic E-state index is 14.4. The fourth-order valence-corrected chi connectivity index (χ4v) is 9.03. The van der Waals surface area contributed by atoms with E-state index in [-0.39, 0.29) is 33.8 Å². The molecule has 8 rings (SSSR count). The lowest BCUT2D eigenvalue weighted by Gasteiger charge is -2.56. The van der Waals surface area contributed by atoms with Gasteiger partial charge in [-0.15, -0.1) is 0 Å². The van der Waals surface area contributed by atoms with Crippen molar-refractivity contribution in [2.75, 3.05) is 57.0 Å². The molecule has 1 saturated carbocycles. The second-order valence-electron chi connectivity index (χ2n) is 14.8. The van der Waals surface area contributed by atoms with Gasteiger partial charge in [0.1, 0.15) is 34.4 Å². The molecular weight excluding hydrogens is 759 g/mol. The minimum Gasteiger partial charge on any atom is -0.495 e. The Labute approximate surface area is 332 Å². The van der Waals surface area contributed by atoms with Crippen molar-refractivity contribution in [2.45, 2.75) is 43.2 Å². The first kappa shape index (κ1) is 37.8. The maximum Gasteiger partial charge on any atom is 0.293 e. The lowest BCUT2D eigenvalue weighted by atomic mass is 9.60. The topological polar surface area (TPSA) is 155 Å². The number of hydrogen-bond donors (Lipinski definition) is 3. The zero-order valence-corrected chi connectivity index (χ0v) is 32.4. The number of nitro groups is 1. The van der Waals surface area contributed by atoms with Gasteiger partial charge in [0.25, 0.3) is 11.6 Å². The minimum absolute atomic E-state index is 0.0319. The van der Waals surface area contributed by atoms with Gasteiger partial charge in [-0.25, -0.2) is 9.37 Å². The number of amides is 1. The fraction of sp³-hybridized carbons (Fsp3) is 0.350. The van der Waals surface area contributed by atoms with E-state index >= 15 is 0 Å². The van der Waals surface area contributed by atoms with E-state index in [0.29, 0.717) is 32.8 Å². The van der Waals surface area contributed by atoms with E-state index in [2.05, 4.69) is 35.5 Å². The van der Waals surface area contributed by atoms with Crippen molar-refractivity contribution < 1.29 is 23.6 Å². The monoisotopic (exact) mass is 800 g/mol. The SMILES string of the molecule is COc1cc(CN2CCN(C3CC4(CCN(c5ccc(C(=O)NSc6ccc(N)c([N+](=O)[O-])c6)c(Oc6cnc7[nH]cc(F)c7c6)c5)CC4)C3)CC2)ccc1Cl. The number of ether oxygens (including phenoxy) is 2. The number of nitrogens with two attached hydrogens (primary N) is 1. The van der Waals surface area contributed by atoms with Crippen LogP contribution in [-0.2, 0) is 6.54 Å². The molecule has 13 nitrogen and oxygen atoms in total. The number of nitrogens with zero attached hydrogens (tertiary/aromatic N) is 5. The Kier molecular flexibility index (Phi) is 10.7. The highest BCUT2D eigenvalue weighted by Crippen LogP contribution is 2.51. The Morgan fingerprint density at radius 3 is 2.61 bits per heavy atom. The molecule has 1 aliphatic carbocycles. The first-order valence-corrected chi connectivity index (χ1v) is 19.8. The highest BCUT2D eigenvalue weighted by atomic mass is 35.5. The summed E-state index contributed by atoms with van der Waals surface area (Å²) in [6.45, 7) is 6.85. The van der Waals surface area contributed by atoms with E-state index in [4.69, 9.17) is 26.8 Å². The van der Waals surface area contributed by atoms with Gasteiger partial charge in [-0.3, -0.25) is 29.4 Å². The molecule has 56 heavy (non-hydrogen) atoms. The largest absolute Gasteiger partial charge is 0.495 e. The van der Waals surface area contributed by atoms with Crippen LogP contribution in [0.3, 0.4) is 0 Å². The van der Waals surface area contributed by atoms with Crippen LogP contribution in [0, 0.1) is 21.3 Å². The summed E-state index contributed by atoms with van der Waals surface area (Å²) in [4.78, 5) is 39.4. The van der Waals surface area contributed by atoms with Crippen molar-refractivity contribution in [3.63, 3.8) is 0 Å². The summed E-state index contributed by atoms with van der Waals surface area (Å²) in [5.74, 6) is 0.331. The van der Waals surface area contributed by atoms with Crippen LogP contribution >= 0.6 is 23.5 Å². The number of nitrogen functional groups attached to an aromatic ring is 1. The number of rotatable bonds is 11. The molecule has 5 aromatic rings. The molecule has 1 spiro atoms. The molecule has 0 atom stereocenters. The number of piperidine rings is 1. The molecule has 16 heteroatoms. The Hall–Kier alpha value is -5.09. The molecule has 292 valence electrons. The van der Waals surface area contributed by atoms with Crippen LogP contribution in [-0.4, -0.2) is 83.0 Å². The van der Waals surface area contributed by atoms with Crippen molar-refractivity contribution >= 4 is 57.6 Å². The summed E-state index contributed by atoms with van der Waals surface area (Å²) in [6.07, 6.45) is 7.29. The number of fused-ring (bicyclic) bond motifs is 1. The van der Waals surface area contributed by atoms with E-state index < -0.39 is 16.6 Å². The summed E-state index contributed by atoms with van der Waals surface area (Å²) in [5, 5.41) is 12.3. The second kappa shape index (κ2) is 15.8. The molecule has 0 radical (unpaired) electrons. The second-order valence-corrected chi connectivity index (χ2v) is 16.1. The predicted molar refractivity (Wildman–Crippen MR) is 215 cm³/mol. The molecule has 4 heterocycles. The predicted octanol–water partition coefficient (Wildman–Crippen LogP) is 7.65. The van der Waals surface area contributed by atoms with Gasteiger partial charge in [0.05, 0.1) is 34.2 Å². The van der Waals surface area contributed by atoms with Crippen LogP contribution < -0.4 is 24.8 Å². The van der Waals surface area contributed by atoms with Crippen molar-refractivity contribution in [2.24, 2.45) is 5.41 Å². The van der Waals surface area contributed by atoms with Gasteiger partial charge in [-0.2, -0.15) is 0 Å². The third kappa shape index (κ3) is 7.94. The number of anilines is 2. The fourth-order valence-electron chi connectivity index (χ4n) is 8.21. The molecule has 4 N–H and O–H groups in total. The summed E-state index contributed by atoms with van der Waals surface area (Å²) >= 11 is 7.16. The van der Waals surface area contributed by atoms with Crippen LogP contribution in [0.1, 0.15) is 41.6 Å². The van der Waals surface area contributed by atoms with Crippen LogP contribution in [0.5, 0.6) is 17.2 Å². The number of halogens is 2. The molecular formula is C40H42ClFN8O5S. The van der Waals surface area contributed by atoms with E-state index in [0.717, 1.165) is 76.3 Å². The Morgan fingerprint density at radius 2 is 1.86 bits per heavy atom. The van der Waals surface area contributed by atoms with Gasteiger partial charge in [0.2, 0.25) is 0 Å². The first-order chi connectivity index (χ1) is 27.1. The zero-order valence-electron chi connectivity index (χ0n) is 30.8. The minimum atomic E-state index is -0.569. The van der Waals surface area contributed by atoms with Crippen molar-refractivity contribution in [3.05, 3.63) is 105 Å². The Morgan fingerprint density at radius 1 is 1.07 bits per heavy atom. The van der Waals surface area contributed by atoms with Crippen LogP contribution in [0.25, 0.3) is 11.0 Å². The summed E-state index contributed by atoms with van der Waals surface area (Å²) in [6, 6.07) is 18.0. The number of nitro benzene ring substituents is 1. The van der Waals surface area contributed by atoms with Gasteiger partial charge >= 0.3 is 0 Å². The zero-order chi connectivity index (χ0) is 39.0. The number of nitrogens with one attached hydrogen (secondary N) is 2. The summed E-state index contributed by atoms with van der Waals surface area (Å²) in [7, 11) is 1.65. The molecule has 1 amide bonds. The lowest BCUT2D eigenvalue weighted by molar-refractivity contribution is -0.384. The van der Waals surface area contributed by atoms with Crippen molar-refractivity contribution in [1.29, 1.82) is 0 Å². The molecule has 0 bridgehead atoms. The smallest absolute Gasteiger partial charge is 0.293 e. The standard InChI is InChI=1S/C40H42ClFN8O5S/c1-54-37-16-25(2-6-32(37)41)24-47-12-14-49(15-13-47)27-20-40(21-27)8-10-48(11-9-40)26-3-5-30(39(51)46-56-29-4-7-34(43)35(19-29)50(52)53)36(17-26)55-28-18-31-33(42)23-45-38(31)44-22-28/h2-7,16-19,22-23,27H,8-15,20-21,24,43H2,1H3,(H,44,45)(H,46,51). The highest BCUT2D eigenvalue weighted by Gasteiger charge is 2.48. The average Bonchev–Trinajstić information content (AvgIpc) is 3.56. The number of piperazine rings is 1. The Bertz CT molecular complexity index is 2270. The van der Waals surface area contributed by atoms with Gasteiger partial charge in [-0.05, 0) is 91.1 Å². The Balaban J connectivity index is 0.902. The van der Waals surface area contributed by atoms with Crippen LogP contribution in [0.15, 0.2) is 78.0 Å². The van der Waals surface area contributed by atoms with E-state index in [9.17, 15) is 19.3 Å². The van der Waals surface area contributed by atoms with E-state index in [1.54, 1.807) is 25.3 Å². The van der Waals surface area contributed by atoms with Gasteiger partial charge in [0.15, 0.2) is 0 Å². The number of methoxy groups -OCH3 is 1. The number of carbonyl (C=O) groups is 1. The molecule has 2 aliphatic heterocycles. The number of hydrogen-bond acceptors (Lipinski definition) is 11. The molecule has 3 fully saturated rings. The van der Waals surface area contributed by atoms with E-state index in [1.165, 1.54) is 42.9 Å². The quantitative estimate of drug-likeness (QED) is 0.0522. The number of pyridine rings is 1. The van der Waals surface area contributed by atoms with Gasteiger partial charge in [0, 0.05) is 80.8 Å². The third-order valence-electron chi connectivity index (χ3n) is 11.4. The normalized spacial score (nSPS) is 17.5. The highest BCUT2D eigenvalue weighted by molar-refractivity contribution is 7.98. The molecule has 3 aromatic carbocycles. The molecule has 3 aliphatic rings. The van der Waals surface area contributed by atoms with Crippen molar-refractivity contribution in [3.8, 4) is 17.2 Å². The number of H-pyrrole nitrogens is 1. The van der Waals surface area contributed by atoms with E-state index in [1.807, 2.05) is 24.3 Å².